The minimum atomic E-state index is -0.409. The molecular weight excluding hydrogens is 468 g/mol. The molecule has 3 aromatic rings. The lowest BCUT2D eigenvalue weighted by molar-refractivity contribution is -0.117. The smallest absolute Gasteiger partial charge is 0.267 e. The Hall–Kier alpha value is -3.23. The van der Waals surface area contributed by atoms with Crippen molar-refractivity contribution in [3.05, 3.63) is 87.2 Å². The van der Waals surface area contributed by atoms with E-state index in [0.717, 1.165) is 16.4 Å². The number of nitrogens with one attached hydrogen (secondary N) is 2. The van der Waals surface area contributed by atoms with Crippen LogP contribution in [0.3, 0.4) is 0 Å². The van der Waals surface area contributed by atoms with Crippen LogP contribution in [-0.4, -0.2) is 38.3 Å². The first-order chi connectivity index (χ1) is 16.5. The third-order valence-electron chi connectivity index (χ3n) is 5.02. The maximum Gasteiger partial charge on any atom is 0.267 e. The molecule has 2 aromatic carbocycles. The fourth-order valence-electron chi connectivity index (χ4n) is 3.13. The predicted octanol–water partition coefficient (Wildman–Crippen LogP) is 4.89. The Bertz CT molecular complexity index is 1140. The Morgan fingerprint density at radius 3 is 2.53 bits per heavy atom. The van der Waals surface area contributed by atoms with E-state index >= 15 is 0 Å². The van der Waals surface area contributed by atoms with Gasteiger partial charge in [0.15, 0.2) is 11.5 Å². The molecule has 8 heteroatoms. The lowest BCUT2D eigenvalue weighted by atomic mass is 10.1. The second-order valence-corrected chi connectivity index (χ2v) is 9.42. The Morgan fingerprint density at radius 1 is 1.03 bits per heavy atom. The molecule has 0 atom stereocenters. The summed E-state index contributed by atoms with van der Waals surface area (Å²) in [6, 6.07) is 16.9. The molecule has 0 saturated carbocycles. The highest BCUT2D eigenvalue weighted by Gasteiger charge is 2.16. The summed E-state index contributed by atoms with van der Waals surface area (Å²) in [7, 11) is 3.04. The highest BCUT2D eigenvalue weighted by Crippen LogP contribution is 2.27. The van der Waals surface area contributed by atoms with Crippen LogP contribution in [0.15, 0.2) is 65.7 Å². The van der Waals surface area contributed by atoms with Crippen LogP contribution in [0.4, 0.5) is 0 Å². The lowest BCUT2D eigenvalue weighted by Gasteiger charge is -2.13. The quantitative estimate of drug-likeness (QED) is 0.292. The number of ether oxygens (including phenoxy) is 2. The van der Waals surface area contributed by atoms with Crippen LogP contribution in [-0.2, 0) is 10.5 Å². The Morgan fingerprint density at radius 2 is 1.82 bits per heavy atom. The summed E-state index contributed by atoms with van der Waals surface area (Å²) < 4.78 is 10.5. The van der Waals surface area contributed by atoms with Gasteiger partial charge in [0.2, 0.25) is 0 Å². The SMILES string of the molecule is COc1ccc(C(=O)N/C(=C\c2cccs2)C(=O)NCCSCc2ccccc2C)cc1OC. The van der Waals surface area contributed by atoms with Crippen LogP contribution in [0.1, 0.15) is 26.4 Å². The molecule has 2 amide bonds. The minimum Gasteiger partial charge on any atom is -0.493 e. The van der Waals surface area contributed by atoms with Crippen LogP contribution in [0, 0.1) is 6.92 Å². The lowest BCUT2D eigenvalue weighted by Crippen LogP contribution is -2.35. The summed E-state index contributed by atoms with van der Waals surface area (Å²) in [6.07, 6.45) is 1.68. The number of carbonyl (C=O) groups excluding carboxylic acids is 2. The van der Waals surface area contributed by atoms with E-state index < -0.39 is 5.91 Å². The number of thiophene rings is 1. The molecule has 3 rings (SSSR count). The topological polar surface area (TPSA) is 76.7 Å². The van der Waals surface area contributed by atoms with Crippen molar-refractivity contribution >= 4 is 41.0 Å². The molecule has 1 heterocycles. The molecule has 0 unspecified atom stereocenters. The molecule has 6 nitrogen and oxygen atoms in total. The molecule has 0 bridgehead atoms. The summed E-state index contributed by atoms with van der Waals surface area (Å²) in [6.45, 7) is 2.59. The second-order valence-electron chi connectivity index (χ2n) is 7.33. The van der Waals surface area contributed by atoms with Crippen LogP contribution >= 0.6 is 23.1 Å². The fraction of sp³-hybridized carbons (Fsp3) is 0.231. The van der Waals surface area contributed by atoms with Crippen molar-refractivity contribution in [3.63, 3.8) is 0 Å². The molecule has 0 aliphatic heterocycles. The molecule has 2 N–H and O–H groups in total. The Kier molecular flexibility index (Phi) is 9.61. The van der Waals surface area contributed by atoms with Gasteiger partial charge >= 0.3 is 0 Å². The van der Waals surface area contributed by atoms with Crippen molar-refractivity contribution < 1.29 is 19.1 Å². The Labute approximate surface area is 208 Å². The number of aryl methyl sites for hydroxylation is 1. The van der Waals surface area contributed by atoms with Crippen molar-refractivity contribution in [1.29, 1.82) is 0 Å². The molecule has 0 fully saturated rings. The van der Waals surface area contributed by atoms with Gasteiger partial charge in [0.1, 0.15) is 5.70 Å². The van der Waals surface area contributed by atoms with Crippen molar-refractivity contribution in [2.24, 2.45) is 0 Å². The first-order valence-electron chi connectivity index (χ1n) is 10.7. The zero-order valence-corrected chi connectivity index (χ0v) is 21.1. The fourth-order valence-corrected chi connectivity index (χ4v) is 4.72. The maximum absolute atomic E-state index is 12.9. The highest BCUT2D eigenvalue weighted by molar-refractivity contribution is 7.98. The summed E-state index contributed by atoms with van der Waals surface area (Å²) in [5.74, 6) is 1.86. The van der Waals surface area contributed by atoms with Crippen molar-refractivity contribution in [1.82, 2.24) is 10.6 Å². The van der Waals surface area contributed by atoms with Crippen LogP contribution in [0.5, 0.6) is 11.5 Å². The van der Waals surface area contributed by atoms with E-state index in [4.69, 9.17) is 9.47 Å². The van der Waals surface area contributed by atoms with Crippen LogP contribution in [0.25, 0.3) is 6.08 Å². The van der Waals surface area contributed by atoms with Crippen molar-refractivity contribution in [2.45, 2.75) is 12.7 Å². The van der Waals surface area contributed by atoms with Crippen molar-refractivity contribution in [2.75, 3.05) is 26.5 Å². The third-order valence-corrected chi connectivity index (χ3v) is 6.85. The normalized spacial score (nSPS) is 11.1. The van der Waals surface area contributed by atoms with Gasteiger partial charge in [-0.2, -0.15) is 11.8 Å². The van der Waals surface area contributed by atoms with Gasteiger partial charge in [-0.25, -0.2) is 0 Å². The number of rotatable bonds is 11. The van der Waals surface area contributed by atoms with Gasteiger partial charge in [-0.1, -0.05) is 30.3 Å². The number of carbonyl (C=O) groups is 2. The number of thioether (sulfide) groups is 1. The standard InChI is InChI=1S/C26H28N2O4S2/c1-18-7-4-5-8-20(18)17-33-14-12-27-26(30)22(16-21-9-6-13-34-21)28-25(29)19-10-11-23(31-2)24(15-19)32-3/h4-11,13,15-16H,12,14,17H2,1-3H3,(H,27,30)(H,28,29)/b22-16-. The van der Waals surface area contributed by atoms with Crippen LogP contribution < -0.4 is 20.1 Å². The number of hydrogen-bond acceptors (Lipinski definition) is 6. The van der Waals surface area contributed by atoms with Gasteiger partial charge in [-0.3, -0.25) is 9.59 Å². The summed E-state index contributed by atoms with van der Waals surface area (Å²) in [4.78, 5) is 26.7. The van der Waals surface area contributed by atoms with Gasteiger partial charge in [0, 0.05) is 28.5 Å². The van der Waals surface area contributed by atoms with Crippen LogP contribution in [0.2, 0.25) is 0 Å². The number of hydrogen-bond donors (Lipinski definition) is 2. The van der Waals surface area contributed by atoms with E-state index in [1.807, 2.05) is 29.6 Å². The first-order valence-corrected chi connectivity index (χ1v) is 12.7. The second kappa shape index (κ2) is 12.9. The van der Waals surface area contributed by atoms with Crippen molar-refractivity contribution in [3.8, 4) is 11.5 Å². The maximum atomic E-state index is 12.9. The van der Waals surface area contributed by atoms with E-state index in [-0.39, 0.29) is 11.6 Å². The highest BCUT2D eigenvalue weighted by atomic mass is 32.2. The minimum absolute atomic E-state index is 0.186. The Balaban J connectivity index is 1.62. The third kappa shape index (κ3) is 7.13. The van der Waals surface area contributed by atoms with E-state index in [9.17, 15) is 9.59 Å². The molecule has 178 valence electrons. The molecule has 1 aromatic heterocycles. The number of benzene rings is 2. The largest absolute Gasteiger partial charge is 0.493 e. The number of amides is 2. The molecule has 0 radical (unpaired) electrons. The average molecular weight is 497 g/mol. The molecule has 0 spiro atoms. The van der Waals surface area contributed by atoms with E-state index in [0.29, 0.717) is 23.6 Å². The van der Waals surface area contributed by atoms with Gasteiger partial charge in [0.05, 0.1) is 14.2 Å². The average Bonchev–Trinajstić information content (AvgIpc) is 3.37. The number of methoxy groups -OCH3 is 2. The summed E-state index contributed by atoms with van der Waals surface area (Å²) in [5, 5.41) is 7.58. The van der Waals surface area contributed by atoms with Gasteiger partial charge in [-0.15, -0.1) is 11.3 Å². The molecule has 0 saturated heterocycles. The zero-order chi connectivity index (χ0) is 24.3. The van der Waals surface area contributed by atoms with E-state index in [1.54, 1.807) is 36.0 Å². The molecule has 0 aliphatic rings. The first kappa shape index (κ1) is 25.4. The van der Waals surface area contributed by atoms with Gasteiger partial charge < -0.3 is 20.1 Å². The van der Waals surface area contributed by atoms with E-state index in [1.165, 1.54) is 36.7 Å². The molecule has 34 heavy (non-hydrogen) atoms. The zero-order valence-electron chi connectivity index (χ0n) is 19.4. The molecule has 0 aliphatic carbocycles. The van der Waals surface area contributed by atoms with Gasteiger partial charge in [0.25, 0.3) is 11.8 Å². The van der Waals surface area contributed by atoms with Gasteiger partial charge in [-0.05, 0) is 53.8 Å². The van der Waals surface area contributed by atoms with E-state index in [2.05, 4.69) is 29.7 Å². The summed E-state index contributed by atoms with van der Waals surface area (Å²) >= 11 is 3.24. The molecular formula is C26H28N2O4S2. The monoisotopic (exact) mass is 496 g/mol. The summed E-state index contributed by atoms with van der Waals surface area (Å²) in [5.41, 5.74) is 3.10. The predicted molar refractivity (Wildman–Crippen MR) is 140 cm³/mol.